The van der Waals surface area contributed by atoms with E-state index in [-0.39, 0.29) is 12.1 Å². The summed E-state index contributed by atoms with van der Waals surface area (Å²) in [6.07, 6.45) is 1.26. The summed E-state index contributed by atoms with van der Waals surface area (Å²) in [5.74, 6) is 0. The number of hydrogen-bond acceptors (Lipinski definition) is 2. The molecule has 0 spiro atoms. The van der Waals surface area contributed by atoms with E-state index in [4.69, 9.17) is 0 Å². The summed E-state index contributed by atoms with van der Waals surface area (Å²) in [5.41, 5.74) is 0.964. The predicted molar refractivity (Wildman–Crippen MR) is 83.2 cm³/mol. The van der Waals surface area contributed by atoms with Gasteiger partial charge in [0.15, 0.2) is 0 Å². The second kappa shape index (κ2) is 5.99. The van der Waals surface area contributed by atoms with E-state index in [9.17, 15) is 13.2 Å². The molecule has 23 heavy (non-hydrogen) atoms. The Hall–Kier alpha value is -2.43. The average Bonchev–Trinajstić information content (AvgIpc) is 2.54. The summed E-state index contributed by atoms with van der Waals surface area (Å²) in [6.45, 7) is 1.68. The number of aryl methyl sites for hydroxylation is 1. The molecular formula is C18H15F3N2. The lowest BCUT2D eigenvalue weighted by atomic mass is 9.99. The molecule has 2 aromatic heterocycles. The fraction of sp³-hybridized carbons (Fsp3) is 0.222. The first-order valence-electron chi connectivity index (χ1n) is 7.35. The van der Waals surface area contributed by atoms with E-state index in [0.29, 0.717) is 12.0 Å². The third-order valence-corrected chi connectivity index (χ3v) is 3.83. The summed E-state index contributed by atoms with van der Waals surface area (Å²) in [6, 6.07) is 8.83. The number of nitrogens with zero attached hydrogens (tertiary/aromatic N) is 2. The zero-order valence-corrected chi connectivity index (χ0v) is 12.6. The number of hydrogen-bond donors (Lipinski definition) is 0. The van der Waals surface area contributed by atoms with Crippen molar-refractivity contribution >= 4 is 10.8 Å². The van der Waals surface area contributed by atoms with Crippen molar-refractivity contribution in [3.8, 4) is 0 Å². The van der Waals surface area contributed by atoms with Gasteiger partial charge in [0, 0.05) is 24.0 Å². The van der Waals surface area contributed by atoms with Crippen molar-refractivity contribution in [1.29, 1.82) is 0 Å². The second-order valence-electron chi connectivity index (χ2n) is 5.38. The van der Waals surface area contributed by atoms with Crippen LogP contribution in [0.1, 0.15) is 29.3 Å². The van der Waals surface area contributed by atoms with E-state index in [1.807, 2.05) is 24.3 Å². The summed E-state index contributed by atoms with van der Waals surface area (Å²) in [7, 11) is 0. The molecule has 118 valence electrons. The minimum absolute atomic E-state index is 0.0865. The van der Waals surface area contributed by atoms with E-state index < -0.39 is 11.7 Å². The van der Waals surface area contributed by atoms with Gasteiger partial charge < -0.3 is 0 Å². The molecule has 0 unspecified atom stereocenters. The summed E-state index contributed by atoms with van der Waals surface area (Å²) in [5, 5.41) is 1.97. The Morgan fingerprint density at radius 1 is 1.09 bits per heavy atom. The lowest BCUT2D eigenvalue weighted by Gasteiger charge is -2.13. The molecule has 2 heterocycles. The number of fused-ring (bicyclic) bond motifs is 1. The van der Waals surface area contributed by atoms with Crippen LogP contribution in [0.4, 0.5) is 13.2 Å². The highest BCUT2D eigenvalue weighted by molar-refractivity contribution is 5.85. The molecule has 0 N–H and O–H groups in total. The van der Waals surface area contributed by atoms with Gasteiger partial charge in [0.2, 0.25) is 0 Å². The van der Waals surface area contributed by atoms with Crippen molar-refractivity contribution in [3.63, 3.8) is 0 Å². The Kier molecular flexibility index (Phi) is 4.03. The lowest BCUT2D eigenvalue weighted by molar-refractivity contribution is -0.138. The first kappa shape index (κ1) is 15.5. The van der Waals surface area contributed by atoms with Crippen LogP contribution < -0.4 is 0 Å². The summed E-state index contributed by atoms with van der Waals surface area (Å²) in [4.78, 5) is 8.08. The SMILES string of the molecule is CCc1ncc(Cc2cccc3cnccc23)cc1C(F)(F)F. The van der Waals surface area contributed by atoms with Gasteiger partial charge in [-0.2, -0.15) is 13.2 Å². The van der Waals surface area contributed by atoms with E-state index in [1.165, 1.54) is 12.3 Å². The Morgan fingerprint density at radius 3 is 2.65 bits per heavy atom. The van der Waals surface area contributed by atoms with Crippen LogP contribution in [0.25, 0.3) is 10.8 Å². The molecule has 0 saturated carbocycles. The normalized spacial score (nSPS) is 11.8. The Morgan fingerprint density at radius 2 is 1.91 bits per heavy atom. The Bertz CT molecular complexity index is 836. The van der Waals surface area contributed by atoms with Crippen molar-refractivity contribution in [2.75, 3.05) is 0 Å². The minimum Gasteiger partial charge on any atom is -0.264 e. The molecule has 0 bridgehead atoms. The van der Waals surface area contributed by atoms with Gasteiger partial charge in [-0.3, -0.25) is 9.97 Å². The Labute approximate surface area is 132 Å². The average molecular weight is 316 g/mol. The number of rotatable bonds is 3. The molecule has 5 heteroatoms. The number of alkyl halides is 3. The summed E-state index contributed by atoms with van der Waals surface area (Å²) < 4.78 is 39.5. The van der Waals surface area contributed by atoms with Gasteiger partial charge in [-0.25, -0.2) is 0 Å². The van der Waals surface area contributed by atoms with Gasteiger partial charge in [0.25, 0.3) is 0 Å². The van der Waals surface area contributed by atoms with Crippen LogP contribution in [0.3, 0.4) is 0 Å². The highest BCUT2D eigenvalue weighted by Gasteiger charge is 2.33. The van der Waals surface area contributed by atoms with Crippen molar-refractivity contribution in [2.24, 2.45) is 0 Å². The number of aromatic nitrogens is 2. The fourth-order valence-corrected chi connectivity index (χ4v) is 2.72. The van der Waals surface area contributed by atoms with Crippen molar-refractivity contribution in [1.82, 2.24) is 9.97 Å². The molecule has 3 rings (SSSR count). The molecule has 0 aliphatic heterocycles. The standard InChI is InChI=1S/C18H15F3N2/c1-2-17-16(18(19,20)21)9-12(10-23-17)8-13-4-3-5-14-11-22-7-6-15(13)14/h3-7,9-11H,2,8H2,1H3. The molecule has 0 aliphatic carbocycles. The third-order valence-electron chi connectivity index (χ3n) is 3.83. The maximum atomic E-state index is 13.2. The van der Waals surface area contributed by atoms with E-state index in [0.717, 1.165) is 16.3 Å². The van der Waals surface area contributed by atoms with Gasteiger partial charge in [-0.05, 0) is 41.5 Å². The first-order chi connectivity index (χ1) is 11.0. The topological polar surface area (TPSA) is 25.8 Å². The molecule has 3 aromatic rings. The molecule has 2 nitrogen and oxygen atoms in total. The molecule has 0 aliphatic rings. The van der Waals surface area contributed by atoms with E-state index >= 15 is 0 Å². The fourth-order valence-electron chi connectivity index (χ4n) is 2.72. The van der Waals surface area contributed by atoms with Gasteiger partial charge >= 0.3 is 6.18 Å². The van der Waals surface area contributed by atoms with Crippen molar-refractivity contribution in [3.05, 3.63) is 71.3 Å². The quantitative estimate of drug-likeness (QED) is 0.693. The molecule has 0 radical (unpaired) electrons. The monoisotopic (exact) mass is 316 g/mol. The maximum absolute atomic E-state index is 13.2. The van der Waals surface area contributed by atoms with Crippen LogP contribution in [-0.2, 0) is 19.0 Å². The molecule has 0 saturated heterocycles. The summed E-state index contributed by atoms with van der Waals surface area (Å²) >= 11 is 0. The number of halogens is 3. The van der Waals surface area contributed by atoms with Crippen molar-refractivity contribution < 1.29 is 13.2 Å². The highest BCUT2D eigenvalue weighted by Crippen LogP contribution is 2.32. The molecule has 0 amide bonds. The van der Waals surface area contributed by atoms with Crippen LogP contribution in [0.5, 0.6) is 0 Å². The molecular weight excluding hydrogens is 301 g/mol. The predicted octanol–water partition coefficient (Wildman–Crippen LogP) is 4.80. The van der Waals surface area contributed by atoms with Gasteiger partial charge in [-0.15, -0.1) is 0 Å². The van der Waals surface area contributed by atoms with Crippen LogP contribution >= 0.6 is 0 Å². The zero-order valence-electron chi connectivity index (χ0n) is 12.6. The van der Waals surface area contributed by atoms with Crippen LogP contribution in [0, 0.1) is 0 Å². The Balaban J connectivity index is 2.03. The largest absolute Gasteiger partial charge is 0.418 e. The van der Waals surface area contributed by atoms with Crippen LogP contribution in [0.2, 0.25) is 0 Å². The minimum atomic E-state index is -4.38. The van der Waals surface area contributed by atoms with Gasteiger partial charge in [-0.1, -0.05) is 25.1 Å². The zero-order chi connectivity index (χ0) is 16.4. The maximum Gasteiger partial charge on any atom is 0.418 e. The lowest BCUT2D eigenvalue weighted by Crippen LogP contribution is -2.11. The van der Waals surface area contributed by atoms with Crippen LogP contribution in [-0.4, -0.2) is 9.97 Å². The molecule has 1 aromatic carbocycles. The van der Waals surface area contributed by atoms with E-state index in [1.54, 1.807) is 19.3 Å². The highest BCUT2D eigenvalue weighted by atomic mass is 19.4. The van der Waals surface area contributed by atoms with Crippen molar-refractivity contribution in [2.45, 2.75) is 25.9 Å². The van der Waals surface area contributed by atoms with E-state index in [2.05, 4.69) is 9.97 Å². The molecule has 0 atom stereocenters. The van der Waals surface area contributed by atoms with Crippen LogP contribution in [0.15, 0.2) is 48.9 Å². The molecule has 0 fully saturated rings. The smallest absolute Gasteiger partial charge is 0.264 e. The number of benzene rings is 1. The first-order valence-corrected chi connectivity index (χ1v) is 7.35. The number of pyridine rings is 2. The van der Waals surface area contributed by atoms with Gasteiger partial charge in [0.1, 0.15) is 0 Å². The van der Waals surface area contributed by atoms with Gasteiger partial charge in [0.05, 0.1) is 11.3 Å². The second-order valence-corrected chi connectivity index (χ2v) is 5.38. The third kappa shape index (κ3) is 3.18.